The largest absolute Gasteiger partial charge is 0.497 e. The lowest BCUT2D eigenvalue weighted by atomic mass is 10.2. The van der Waals surface area contributed by atoms with E-state index in [1.165, 1.54) is 0 Å². The van der Waals surface area contributed by atoms with Crippen molar-refractivity contribution in [3.05, 3.63) is 47.5 Å². The Morgan fingerprint density at radius 1 is 0.923 bits per heavy atom. The van der Waals surface area contributed by atoms with Gasteiger partial charge in [-0.1, -0.05) is 6.07 Å². The molecular formula is C20H25NO5. The van der Waals surface area contributed by atoms with Gasteiger partial charge in [0.1, 0.15) is 11.5 Å². The summed E-state index contributed by atoms with van der Waals surface area (Å²) in [5.74, 6) is 2.38. The number of ether oxygens (including phenoxy) is 4. The van der Waals surface area contributed by atoms with Gasteiger partial charge in [0, 0.05) is 25.2 Å². The summed E-state index contributed by atoms with van der Waals surface area (Å²) in [5, 5.41) is 0. The topological polar surface area (TPSA) is 57.2 Å². The molecule has 0 saturated carbocycles. The molecule has 0 fully saturated rings. The number of aryl methyl sites for hydroxylation is 1. The molecule has 0 aliphatic rings. The standard InChI is InChI=1S/C20H25NO5/c1-14-6-9-17(19(10-14)25-5)26-13-20(22)21(2)12-15-7-8-16(23-3)11-18(15)24-4/h6-11H,12-13H2,1-5H3. The van der Waals surface area contributed by atoms with Gasteiger partial charge in [-0.25, -0.2) is 0 Å². The Morgan fingerprint density at radius 3 is 2.31 bits per heavy atom. The number of hydrogen-bond donors (Lipinski definition) is 0. The van der Waals surface area contributed by atoms with Gasteiger partial charge in [0.15, 0.2) is 18.1 Å². The van der Waals surface area contributed by atoms with Crippen molar-refractivity contribution >= 4 is 5.91 Å². The lowest BCUT2D eigenvalue weighted by Crippen LogP contribution is -2.31. The minimum atomic E-state index is -0.148. The van der Waals surface area contributed by atoms with Crippen LogP contribution >= 0.6 is 0 Å². The fourth-order valence-corrected chi connectivity index (χ4v) is 2.47. The van der Waals surface area contributed by atoms with E-state index >= 15 is 0 Å². The van der Waals surface area contributed by atoms with Crippen LogP contribution in [0.2, 0.25) is 0 Å². The highest BCUT2D eigenvalue weighted by Crippen LogP contribution is 2.28. The zero-order valence-electron chi connectivity index (χ0n) is 15.9. The van der Waals surface area contributed by atoms with Crippen LogP contribution in [0.25, 0.3) is 0 Å². The van der Waals surface area contributed by atoms with Gasteiger partial charge in [-0.2, -0.15) is 0 Å². The average molecular weight is 359 g/mol. The molecule has 2 rings (SSSR count). The molecule has 0 heterocycles. The van der Waals surface area contributed by atoms with Gasteiger partial charge in [0.2, 0.25) is 0 Å². The van der Waals surface area contributed by atoms with Crippen molar-refractivity contribution < 1.29 is 23.7 Å². The van der Waals surface area contributed by atoms with E-state index in [1.54, 1.807) is 45.4 Å². The quantitative estimate of drug-likeness (QED) is 0.725. The highest BCUT2D eigenvalue weighted by molar-refractivity contribution is 5.77. The fourth-order valence-electron chi connectivity index (χ4n) is 2.47. The number of hydrogen-bond acceptors (Lipinski definition) is 5. The van der Waals surface area contributed by atoms with Crippen molar-refractivity contribution in [2.75, 3.05) is 35.0 Å². The van der Waals surface area contributed by atoms with Crippen molar-refractivity contribution in [3.8, 4) is 23.0 Å². The minimum Gasteiger partial charge on any atom is -0.497 e. The maximum atomic E-state index is 12.4. The summed E-state index contributed by atoms with van der Waals surface area (Å²) in [4.78, 5) is 14.0. The summed E-state index contributed by atoms with van der Waals surface area (Å²) in [7, 11) is 6.49. The molecule has 2 aromatic carbocycles. The predicted octanol–water partition coefficient (Wildman–Crippen LogP) is 3.06. The predicted molar refractivity (Wildman–Crippen MR) is 99.2 cm³/mol. The number of methoxy groups -OCH3 is 3. The molecule has 0 unspecified atom stereocenters. The Balaban J connectivity index is 2.00. The molecule has 0 spiro atoms. The molecule has 6 heteroatoms. The van der Waals surface area contributed by atoms with E-state index < -0.39 is 0 Å². The minimum absolute atomic E-state index is 0.0750. The second-order valence-corrected chi connectivity index (χ2v) is 5.87. The second-order valence-electron chi connectivity index (χ2n) is 5.87. The van der Waals surface area contributed by atoms with E-state index in [2.05, 4.69) is 0 Å². The van der Waals surface area contributed by atoms with Crippen LogP contribution in [0.1, 0.15) is 11.1 Å². The molecule has 0 aliphatic heterocycles. The van der Waals surface area contributed by atoms with Gasteiger partial charge in [0.05, 0.1) is 21.3 Å². The number of nitrogens with zero attached hydrogens (tertiary/aromatic N) is 1. The number of likely N-dealkylation sites (N-methyl/N-ethyl adjacent to an activating group) is 1. The van der Waals surface area contributed by atoms with Crippen LogP contribution in [0.4, 0.5) is 0 Å². The van der Waals surface area contributed by atoms with E-state index in [9.17, 15) is 4.79 Å². The Labute approximate surface area is 154 Å². The third kappa shape index (κ3) is 4.81. The van der Waals surface area contributed by atoms with Gasteiger partial charge < -0.3 is 23.8 Å². The van der Waals surface area contributed by atoms with Crippen molar-refractivity contribution in [2.24, 2.45) is 0 Å². The first kappa shape index (κ1) is 19.4. The fraction of sp³-hybridized carbons (Fsp3) is 0.350. The lowest BCUT2D eigenvalue weighted by Gasteiger charge is -2.20. The molecule has 0 atom stereocenters. The first-order chi connectivity index (χ1) is 12.5. The van der Waals surface area contributed by atoms with Gasteiger partial charge in [-0.15, -0.1) is 0 Å². The monoisotopic (exact) mass is 359 g/mol. The summed E-state index contributed by atoms with van der Waals surface area (Å²) in [6.45, 7) is 2.29. The third-order valence-electron chi connectivity index (χ3n) is 4.00. The number of benzene rings is 2. The molecule has 0 saturated heterocycles. The van der Waals surface area contributed by atoms with Gasteiger partial charge in [-0.3, -0.25) is 4.79 Å². The number of rotatable bonds is 8. The Hall–Kier alpha value is -2.89. The molecule has 0 aliphatic carbocycles. The Bertz CT molecular complexity index is 760. The smallest absolute Gasteiger partial charge is 0.260 e. The molecule has 0 bridgehead atoms. The summed E-state index contributed by atoms with van der Waals surface area (Å²) < 4.78 is 21.5. The van der Waals surface area contributed by atoms with Crippen LogP contribution in [-0.2, 0) is 11.3 Å². The molecule has 2 aromatic rings. The van der Waals surface area contributed by atoms with Gasteiger partial charge in [0.25, 0.3) is 5.91 Å². The summed E-state index contributed by atoms with van der Waals surface area (Å²) in [5.41, 5.74) is 1.95. The van der Waals surface area contributed by atoms with E-state index in [0.29, 0.717) is 29.5 Å². The maximum absolute atomic E-state index is 12.4. The summed E-state index contributed by atoms with van der Waals surface area (Å²) >= 11 is 0. The third-order valence-corrected chi connectivity index (χ3v) is 4.00. The van der Waals surface area contributed by atoms with Crippen LogP contribution in [0.5, 0.6) is 23.0 Å². The molecule has 0 N–H and O–H groups in total. The molecule has 1 amide bonds. The highest BCUT2D eigenvalue weighted by Gasteiger charge is 2.15. The summed E-state index contributed by atoms with van der Waals surface area (Å²) in [6, 6.07) is 11.1. The lowest BCUT2D eigenvalue weighted by molar-refractivity contribution is -0.132. The highest BCUT2D eigenvalue weighted by atomic mass is 16.5. The molecule has 0 aromatic heterocycles. The number of carbonyl (C=O) groups excluding carboxylic acids is 1. The molecule has 140 valence electrons. The van der Waals surface area contributed by atoms with E-state index in [0.717, 1.165) is 11.1 Å². The Morgan fingerprint density at radius 2 is 1.65 bits per heavy atom. The van der Waals surface area contributed by atoms with Crippen molar-refractivity contribution in [2.45, 2.75) is 13.5 Å². The molecule has 0 radical (unpaired) electrons. The first-order valence-electron chi connectivity index (χ1n) is 8.20. The first-order valence-corrected chi connectivity index (χ1v) is 8.20. The van der Waals surface area contributed by atoms with Crippen LogP contribution in [0.3, 0.4) is 0 Å². The average Bonchev–Trinajstić information content (AvgIpc) is 2.66. The normalized spacial score (nSPS) is 10.2. The summed E-state index contributed by atoms with van der Waals surface area (Å²) in [6.07, 6.45) is 0. The van der Waals surface area contributed by atoms with Crippen molar-refractivity contribution in [3.63, 3.8) is 0 Å². The van der Waals surface area contributed by atoms with Gasteiger partial charge in [-0.05, 0) is 36.8 Å². The van der Waals surface area contributed by atoms with Crippen LogP contribution < -0.4 is 18.9 Å². The van der Waals surface area contributed by atoms with Crippen molar-refractivity contribution in [1.29, 1.82) is 0 Å². The second kappa shape index (κ2) is 8.99. The zero-order valence-corrected chi connectivity index (χ0v) is 15.9. The van der Waals surface area contributed by atoms with E-state index in [1.807, 2.05) is 31.2 Å². The van der Waals surface area contributed by atoms with Gasteiger partial charge >= 0.3 is 0 Å². The number of amides is 1. The maximum Gasteiger partial charge on any atom is 0.260 e. The van der Waals surface area contributed by atoms with E-state index in [-0.39, 0.29) is 12.5 Å². The van der Waals surface area contributed by atoms with Crippen LogP contribution in [0.15, 0.2) is 36.4 Å². The van der Waals surface area contributed by atoms with E-state index in [4.69, 9.17) is 18.9 Å². The SMILES string of the molecule is COc1ccc(CN(C)C(=O)COc2ccc(C)cc2OC)c(OC)c1. The molecule has 6 nitrogen and oxygen atoms in total. The Kier molecular flexibility index (Phi) is 6.72. The number of carbonyl (C=O) groups is 1. The van der Waals surface area contributed by atoms with Crippen LogP contribution in [0, 0.1) is 6.92 Å². The molecule has 26 heavy (non-hydrogen) atoms. The van der Waals surface area contributed by atoms with Crippen LogP contribution in [-0.4, -0.2) is 45.8 Å². The van der Waals surface area contributed by atoms with Crippen molar-refractivity contribution in [1.82, 2.24) is 4.90 Å². The zero-order chi connectivity index (χ0) is 19.1. The molecular weight excluding hydrogens is 334 g/mol.